The fraction of sp³-hybridized carbons (Fsp3) is 0.389. The van der Waals surface area contributed by atoms with E-state index in [0.717, 1.165) is 30.2 Å². The Morgan fingerprint density at radius 3 is 2.81 bits per heavy atom. The van der Waals surface area contributed by atoms with Gasteiger partial charge in [-0.3, -0.25) is 4.79 Å². The van der Waals surface area contributed by atoms with Gasteiger partial charge in [0.2, 0.25) is 5.91 Å². The summed E-state index contributed by atoms with van der Waals surface area (Å²) in [6.07, 6.45) is 3.78. The fourth-order valence-electron chi connectivity index (χ4n) is 3.29. The first-order valence-corrected chi connectivity index (χ1v) is 8.13. The predicted octanol–water partition coefficient (Wildman–Crippen LogP) is 3.91. The Balaban J connectivity index is 1.72. The lowest BCUT2D eigenvalue weighted by Gasteiger charge is -2.19. The largest absolute Gasteiger partial charge is 0.353 e. The Hall–Kier alpha value is -1.54. The van der Waals surface area contributed by atoms with Gasteiger partial charge in [0.1, 0.15) is 0 Å². The molecule has 3 rings (SSSR count). The number of fused-ring (bicyclic) bond motifs is 1. The molecular weight excluding hydrogens is 282 g/mol. The van der Waals surface area contributed by atoms with E-state index in [0.29, 0.717) is 18.2 Å². The van der Waals surface area contributed by atoms with Crippen molar-refractivity contribution in [3.8, 4) is 0 Å². The number of alkyl halides is 1. The molecule has 0 saturated heterocycles. The Kier molecular flexibility index (Phi) is 4.45. The highest BCUT2D eigenvalue weighted by Gasteiger charge is 2.27. The highest BCUT2D eigenvalue weighted by atomic mass is 35.5. The third kappa shape index (κ3) is 3.21. The van der Waals surface area contributed by atoms with E-state index in [1.54, 1.807) is 0 Å². The zero-order valence-electron chi connectivity index (χ0n) is 12.0. The number of hydrogen-bond donors (Lipinski definition) is 1. The molecule has 0 radical (unpaired) electrons. The fourth-order valence-corrected chi connectivity index (χ4v) is 3.66. The summed E-state index contributed by atoms with van der Waals surface area (Å²) in [5.41, 5.74) is 1.09. The number of benzene rings is 2. The van der Waals surface area contributed by atoms with Crippen LogP contribution in [0.3, 0.4) is 0 Å². The van der Waals surface area contributed by atoms with Crippen molar-refractivity contribution in [2.45, 2.75) is 31.7 Å². The minimum absolute atomic E-state index is 0.105. The molecule has 0 bridgehead atoms. The first-order valence-electron chi connectivity index (χ1n) is 7.60. The first-order chi connectivity index (χ1) is 10.3. The quantitative estimate of drug-likeness (QED) is 0.853. The summed E-state index contributed by atoms with van der Waals surface area (Å²) in [5, 5.41) is 5.51. The van der Waals surface area contributed by atoms with Crippen molar-refractivity contribution in [2.24, 2.45) is 5.92 Å². The molecule has 1 amide bonds. The topological polar surface area (TPSA) is 29.1 Å². The molecular formula is C18H20ClNO. The number of carbonyl (C=O) groups excluding carboxylic acids is 1. The van der Waals surface area contributed by atoms with Crippen LogP contribution in [0.2, 0.25) is 0 Å². The summed E-state index contributed by atoms with van der Waals surface area (Å²) in [6, 6.07) is 14.6. The van der Waals surface area contributed by atoms with Crippen LogP contribution in [0.25, 0.3) is 10.8 Å². The molecule has 3 heteroatoms. The Bertz CT molecular complexity index is 635. The summed E-state index contributed by atoms with van der Waals surface area (Å²) < 4.78 is 0. The lowest BCUT2D eigenvalue weighted by Crippen LogP contribution is -2.38. The smallest absolute Gasteiger partial charge is 0.224 e. The Morgan fingerprint density at radius 1 is 1.14 bits per heavy atom. The maximum absolute atomic E-state index is 12.3. The summed E-state index contributed by atoms with van der Waals surface area (Å²) in [7, 11) is 0. The third-order valence-corrected chi connectivity index (χ3v) is 4.83. The van der Waals surface area contributed by atoms with E-state index in [-0.39, 0.29) is 11.9 Å². The molecule has 2 atom stereocenters. The highest BCUT2D eigenvalue weighted by Crippen LogP contribution is 2.27. The van der Waals surface area contributed by atoms with E-state index in [2.05, 4.69) is 23.5 Å². The summed E-state index contributed by atoms with van der Waals surface area (Å²) in [4.78, 5) is 12.3. The average molecular weight is 302 g/mol. The van der Waals surface area contributed by atoms with Crippen molar-refractivity contribution in [3.63, 3.8) is 0 Å². The van der Waals surface area contributed by atoms with Gasteiger partial charge in [0.25, 0.3) is 0 Å². The van der Waals surface area contributed by atoms with Gasteiger partial charge < -0.3 is 5.32 Å². The second-order valence-electron chi connectivity index (χ2n) is 5.83. The number of hydrogen-bond acceptors (Lipinski definition) is 1. The van der Waals surface area contributed by atoms with Gasteiger partial charge in [-0.2, -0.15) is 0 Å². The van der Waals surface area contributed by atoms with Crippen LogP contribution in [0.15, 0.2) is 42.5 Å². The molecule has 1 saturated carbocycles. The average Bonchev–Trinajstić information content (AvgIpc) is 2.94. The number of nitrogens with one attached hydrogen (secondary N) is 1. The normalized spacial score (nSPS) is 21.6. The Morgan fingerprint density at radius 2 is 1.95 bits per heavy atom. The number of amides is 1. The van der Waals surface area contributed by atoms with E-state index in [1.165, 1.54) is 5.39 Å². The van der Waals surface area contributed by atoms with Crippen molar-refractivity contribution in [2.75, 3.05) is 5.88 Å². The van der Waals surface area contributed by atoms with Crippen LogP contribution in [0.5, 0.6) is 0 Å². The molecule has 2 nitrogen and oxygen atoms in total. The zero-order chi connectivity index (χ0) is 14.7. The molecule has 2 unspecified atom stereocenters. The molecule has 110 valence electrons. The second kappa shape index (κ2) is 6.48. The molecule has 2 aromatic carbocycles. The van der Waals surface area contributed by atoms with Crippen molar-refractivity contribution >= 4 is 28.3 Å². The molecule has 21 heavy (non-hydrogen) atoms. The molecule has 1 aliphatic rings. The molecule has 1 N–H and O–H groups in total. The van der Waals surface area contributed by atoms with Gasteiger partial charge in [-0.15, -0.1) is 11.6 Å². The molecule has 0 aromatic heterocycles. The van der Waals surface area contributed by atoms with Gasteiger partial charge in [-0.1, -0.05) is 48.9 Å². The minimum Gasteiger partial charge on any atom is -0.353 e. The highest BCUT2D eigenvalue weighted by molar-refractivity contribution is 6.18. The van der Waals surface area contributed by atoms with Crippen LogP contribution in [-0.2, 0) is 11.2 Å². The van der Waals surface area contributed by atoms with Gasteiger partial charge in [0, 0.05) is 11.9 Å². The number of halogens is 1. The second-order valence-corrected chi connectivity index (χ2v) is 6.14. The van der Waals surface area contributed by atoms with E-state index in [4.69, 9.17) is 11.6 Å². The molecule has 0 heterocycles. The van der Waals surface area contributed by atoms with Crippen LogP contribution in [-0.4, -0.2) is 17.8 Å². The van der Waals surface area contributed by atoms with E-state index >= 15 is 0 Å². The van der Waals surface area contributed by atoms with Crippen LogP contribution in [0, 0.1) is 5.92 Å². The summed E-state index contributed by atoms with van der Waals surface area (Å²) in [6.45, 7) is 0. The number of rotatable bonds is 4. The van der Waals surface area contributed by atoms with Gasteiger partial charge in [-0.05, 0) is 35.1 Å². The SMILES string of the molecule is O=C(Cc1cccc2ccccc12)NC1CCCC1CCl. The lowest BCUT2D eigenvalue weighted by atomic mass is 10.0. The van der Waals surface area contributed by atoms with E-state index in [1.807, 2.05) is 24.3 Å². The standard InChI is InChI=1S/C18H20ClNO/c19-12-15-8-4-10-17(15)20-18(21)11-14-7-3-6-13-5-1-2-9-16(13)14/h1-3,5-7,9,15,17H,4,8,10-12H2,(H,20,21). The lowest BCUT2D eigenvalue weighted by molar-refractivity contribution is -0.121. The molecule has 0 aliphatic heterocycles. The summed E-state index contributed by atoms with van der Waals surface area (Å²) in [5.74, 6) is 1.18. The summed E-state index contributed by atoms with van der Waals surface area (Å²) >= 11 is 5.97. The molecule has 0 spiro atoms. The molecule has 1 fully saturated rings. The van der Waals surface area contributed by atoms with Gasteiger partial charge in [-0.25, -0.2) is 0 Å². The monoisotopic (exact) mass is 301 g/mol. The first kappa shape index (κ1) is 14.4. The van der Waals surface area contributed by atoms with Gasteiger partial charge >= 0.3 is 0 Å². The van der Waals surface area contributed by atoms with Crippen molar-refractivity contribution < 1.29 is 4.79 Å². The van der Waals surface area contributed by atoms with Crippen LogP contribution < -0.4 is 5.32 Å². The third-order valence-electron chi connectivity index (χ3n) is 4.43. The maximum Gasteiger partial charge on any atom is 0.224 e. The van der Waals surface area contributed by atoms with Gasteiger partial charge in [0.05, 0.1) is 6.42 Å². The van der Waals surface area contributed by atoms with Crippen molar-refractivity contribution in [1.29, 1.82) is 0 Å². The minimum atomic E-state index is 0.105. The van der Waals surface area contributed by atoms with E-state index in [9.17, 15) is 4.79 Å². The van der Waals surface area contributed by atoms with Crippen molar-refractivity contribution in [3.05, 3.63) is 48.0 Å². The van der Waals surface area contributed by atoms with E-state index < -0.39 is 0 Å². The Labute approximate surface area is 130 Å². The van der Waals surface area contributed by atoms with Gasteiger partial charge in [0.15, 0.2) is 0 Å². The van der Waals surface area contributed by atoms with Crippen LogP contribution in [0.1, 0.15) is 24.8 Å². The van der Waals surface area contributed by atoms with Crippen LogP contribution in [0.4, 0.5) is 0 Å². The molecule has 2 aromatic rings. The molecule has 1 aliphatic carbocycles. The van der Waals surface area contributed by atoms with Crippen molar-refractivity contribution in [1.82, 2.24) is 5.32 Å². The number of carbonyl (C=O) groups is 1. The predicted molar refractivity (Wildman–Crippen MR) is 87.6 cm³/mol. The van der Waals surface area contributed by atoms with Crippen LogP contribution >= 0.6 is 11.6 Å². The zero-order valence-corrected chi connectivity index (χ0v) is 12.8. The maximum atomic E-state index is 12.3.